The van der Waals surface area contributed by atoms with E-state index < -0.39 is 24.5 Å². The van der Waals surface area contributed by atoms with Gasteiger partial charge in [0.05, 0.1) is 11.1 Å². The minimum Gasteiger partial charge on any atom is -0.405 e. The van der Waals surface area contributed by atoms with E-state index >= 15 is 0 Å². The highest BCUT2D eigenvalue weighted by atomic mass is 35.5. The molecular weight excluding hydrogens is 435 g/mol. The molecular formula is C19H20Cl2F4N2O2. The molecule has 2 aromatic rings. The van der Waals surface area contributed by atoms with E-state index in [9.17, 15) is 22.4 Å². The van der Waals surface area contributed by atoms with Crippen LogP contribution in [0.3, 0.4) is 0 Å². The van der Waals surface area contributed by atoms with Crippen molar-refractivity contribution < 1.29 is 28.5 Å². The summed E-state index contributed by atoms with van der Waals surface area (Å²) in [7, 11) is 0. The normalized spacial score (nSPS) is 19.2. The monoisotopic (exact) mass is 454 g/mol. The maximum atomic E-state index is 13.5. The number of ether oxygens (including phenoxy) is 1. The fourth-order valence-corrected chi connectivity index (χ4v) is 3.30. The molecule has 4 nitrogen and oxygen atoms in total. The first-order valence-electron chi connectivity index (χ1n) is 8.56. The lowest BCUT2D eigenvalue weighted by Gasteiger charge is -2.25. The fourth-order valence-electron chi connectivity index (χ4n) is 3.01. The number of halogens is 6. The SMILES string of the molecule is Cl.O=C(Nc1ccc(-c2ccccc2OC(F)(F)F)c(Cl)c1)[C@H]1C[C@H](F)CCN1.[HH]. The molecule has 1 amide bonds. The predicted molar refractivity (Wildman–Crippen MR) is 107 cm³/mol. The summed E-state index contributed by atoms with van der Waals surface area (Å²) in [5, 5.41) is 5.72. The average Bonchev–Trinajstić information content (AvgIpc) is 2.61. The van der Waals surface area contributed by atoms with Crippen molar-refractivity contribution in [2.24, 2.45) is 0 Å². The lowest BCUT2D eigenvalue weighted by atomic mass is 10.0. The van der Waals surface area contributed by atoms with Crippen molar-refractivity contribution >= 4 is 35.6 Å². The molecule has 160 valence electrons. The van der Waals surface area contributed by atoms with Crippen LogP contribution in [0.25, 0.3) is 11.1 Å². The first-order valence-corrected chi connectivity index (χ1v) is 8.94. The Balaban J connectivity index is 0.00000225. The quantitative estimate of drug-likeness (QED) is 0.590. The highest BCUT2D eigenvalue weighted by molar-refractivity contribution is 6.33. The van der Waals surface area contributed by atoms with Gasteiger partial charge >= 0.3 is 6.36 Å². The van der Waals surface area contributed by atoms with Gasteiger partial charge in [-0.05, 0) is 31.2 Å². The summed E-state index contributed by atoms with van der Waals surface area (Å²) < 4.78 is 55.4. The molecule has 1 heterocycles. The Morgan fingerprint density at radius 1 is 1.21 bits per heavy atom. The zero-order valence-corrected chi connectivity index (χ0v) is 16.5. The predicted octanol–water partition coefficient (Wildman–Crippen LogP) is 5.60. The number of carbonyl (C=O) groups is 1. The number of nitrogens with one attached hydrogen (secondary N) is 2. The number of alkyl halides is 4. The van der Waals surface area contributed by atoms with Crippen molar-refractivity contribution in [2.45, 2.75) is 31.4 Å². The number of para-hydroxylation sites is 1. The van der Waals surface area contributed by atoms with E-state index in [0.29, 0.717) is 24.2 Å². The lowest BCUT2D eigenvalue weighted by Crippen LogP contribution is -2.46. The maximum absolute atomic E-state index is 13.5. The molecule has 2 atom stereocenters. The molecule has 0 radical (unpaired) electrons. The molecule has 10 heteroatoms. The fraction of sp³-hybridized carbons (Fsp3) is 0.316. The number of amides is 1. The van der Waals surface area contributed by atoms with Crippen LogP contribution in [0.2, 0.25) is 5.02 Å². The van der Waals surface area contributed by atoms with Gasteiger partial charge in [0.25, 0.3) is 0 Å². The van der Waals surface area contributed by atoms with Crippen LogP contribution in [0, 0.1) is 0 Å². The maximum Gasteiger partial charge on any atom is 0.573 e. The summed E-state index contributed by atoms with van der Waals surface area (Å²) in [4.78, 5) is 12.3. The standard InChI is InChI=1S/C19H17ClF4N2O2.ClH.H2/c20-15-10-12(26-18(27)16-9-11(21)7-8-25-16)5-6-13(15)14-3-1-2-4-17(14)28-19(22,23)24;;/h1-6,10-11,16,25H,7-9H2,(H,26,27);2*1H/t11-,16-;;/m1../s1. The second-order valence-electron chi connectivity index (χ2n) is 6.36. The highest BCUT2D eigenvalue weighted by Crippen LogP contribution is 2.38. The van der Waals surface area contributed by atoms with Gasteiger partial charge in [-0.1, -0.05) is 35.9 Å². The Labute approximate surface area is 177 Å². The van der Waals surface area contributed by atoms with Crippen molar-refractivity contribution in [3.8, 4) is 16.9 Å². The largest absolute Gasteiger partial charge is 0.573 e. The van der Waals surface area contributed by atoms with Gasteiger partial charge in [0.2, 0.25) is 5.91 Å². The molecule has 0 aliphatic carbocycles. The number of benzene rings is 2. The van der Waals surface area contributed by atoms with Crippen LogP contribution in [0.1, 0.15) is 14.3 Å². The van der Waals surface area contributed by atoms with E-state index in [0.717, 1.165) is 0 Å². The third-order valence-electron chi connectivity index (χ3n) is 4.30. The third-order valence-corrected chi connectivity index (χ3v) is 4.61. The van der Waals surface area contributed by atoms with Gasteiger partial charge < -0.3 is 15.4 Å². The second kappa shape index (κ2) is 9.65. The van der Waals surface area contributed by atoms with Crippen molar-refractivity contribution in [3.63, 3.8) is 0 Å². The van der Waals surface area contributed by atoms with Gasteiger partial charge in [-0.2, -0.15) is 0 Å². The molecule has 1 fully saturated rings. The number of hydrogen-bond donors (Lipinski definition) is 2. The summed E-state index contributed by atoms with van der Waals surface area (Å²) in [6.07, 6.45) is -5.42. The van der Waals surface area contributed by atoms with Crippen LogP contribution in [-0.2, 0) is 4.79 Å². The average molecular weight is 455 g/mol. The van der Waals surface area contributed by atoms with Crippen molar-refractivity contribution in [3.05, 3.63) is 47.5 Å². The van der Waals surface area contributed by atoms with Gasteiger partial charge in [0.1, 0.15) is 11.9 Å². The zero-order chi connectivity index (χ0) is 20.3. The second-order valence-corrected chi connectivity index (χ2v) is 6.76. The van der Waals surface area contributed by atoms with E-state index in [1.54, 1.807) is 6.07 Å². The molecule has 29 heavy (non-hydrogen) atoms. The van der Waals surface area contributed by atoms with E-state index in [2.05, 4.69) is 15.4 Å². The molecule has 2 aromatic carbocycles. The minimum atomic E-state index is -4.84. The molecule has 3 rings (SSSR count). The summed E-state index contributed by atoms with van der Waals surface area (Å²) in [6, 6.07) is 9.40. The Morgan fingerprint density at radius 3 is 2.59 bits per heavy atom. The van der Waals surface area contributed by atoms with Crippen LogP contribution in [0.5, 0.6) is 5.75 Å². The van der Waals surface area contributed by atoms with Gasteiger partial charge in [-0.25, -0.2) is 4.39 Å². The molecule has 2 N–H and O–H groups in total. The molecule has 0 saturated carbocycles. The first-order chi connectivity index (χ1) is 13.2. The minimum absolute atomic E-state index is 0. The summed E-state index contributed by atoms with van der Waals surface area (Å²) in [6.45, 7) is 0.412. The van der Waals surface area contributed by atoms with Crippen molar-refractivity contribution in [1.82, 2.24) is 5.32 Å². The zero-order valence-electron chi connectivity index (χ0n) is 14.9. The van der Waals surface area contributed by atoms with E-state index in [1.165, 1.54) is 36.4 Å². The van der Waals surface area contributed by atoms with Gasteiger partial charge in [-0.15, -0.1) is 25.6 Å². The molecule has 0 unspecified atom stereocenters. The Kier molecular flexibility index (Phi) is 7.73. The summed E-state index contributed by atoms with van der Waals surface area (Å²) in [5.74, 6) is -0.777. The van der Waals surface area contributed by atoms with Gasteiger partial charge in [0.15, 0.2) is 0 Å². The summed E-state index contributed by atoms with van der Waals surface area (Å²) >= 11 is 6.24. The molecule has 1 aliphatic heterocycles. The van der Waals surface area contributed by atoms with Crippen molar-refractivity contribution in [2.75, 3.05) is 11.9 Å². The highest BCUT2D eigenvalue weighted by Gasteiger charge is 2.32. The molecule has 0 spiro atoms. The number of piperidine rings is 1. The molecule has 1 saturated heterocycles. The Hall–Kier alpha value is -2.03. The molecule has 0 bridgehead atoms. The van der Waals surface area contributed by atoms with Crippen LogP contribution in [-0.4, -0.2) is 31.0 Å². The molecule has 1 aliphatic rings. The van der Waals surface area contributed by atoms with Crippen LogP contribution in [0.4, 0.5) is 23.2 Å². The first kappa shape index (κ1) is 23.3. The Morgan fingerprint density at radius 2 is 1.93 bits per heavy atom. The lowest BCUT2D eigenvalue weighted by molar-refractivity contribution is -0.274. The van der Waals surface area contributed by atoms with E-state index in [1.807, 2.05) is 0 Å². The van der Waals surface area contributed by atoms with Crippen LogP contribution < -0.4 is 15.4 Å². The third kappa shape index (κ3) is 6.22. The van der Waals surface area contributed by atoms with Crippen LogP contribution >= 0.6 is 24.0 Å². The van der Waals surface area contributed by atoms with Crippen molar-refractivity contribution in [1.29, 1.82) is 0 Å². The topological polar surface area (TPSA) is 50.4 Å². The number of anilines is 1. The smallest absolute Gasteiger partial charge is 0.405 e. The van der Waals surface area contributed by atoms with Gasteiger partial charge in [-0.3, -0.25) is 4.79 Å². The number of carbonyl (C=O) groups excluding carboxylic acids is 1. The van der Waals surface area contributed by atoms with Gasteiger partial charge in [0, 0.05) is 24.7 Å². The van der Waals surface area contributed by atoms with E-state index in [-0.39, 0.29) is 36.6 Å². The molecule has 0 aromatic heterocycles. The summed E-state index contributed by atoms with van der Waals surface area (Å²) in [5.41, 5.74) is 0.840. The number of hydrogen-bond acceptors (Lipinski definition) is 3. The van der Waals surface area contributed by atoms with Crippen LogP contribution in [0.15, 0.2) is 42.5 Å². The Bertz CT molecular complexity index is 871. The number of rotatable bonds is 4. The van der Waals surface area contributed by atoms with E-state index in [4.69, 9.17) is 11.6 Å².